The Morgan fingerprint density at radius 2 is 2.05 bits per heavy atom. The Morgan fingerprint density at radius 3 is 2.70 bits per heavy atom. The Bertz CT molecular complexity index is 543. The Hall–Kier alpha value is -2.05. The summed E-state index contributed by atoms with van der Waals surface area (Å²) < 4.78 is 37.8. The topological polar surface area (TPSA) is 49.4 Å². The Kier molecular flexibility index (Phi) is 3.69. The lowest BCUT2D eigenvalue weighted by molar-refractivity contribution is -0.137. The predicted molar refractivity (Wildman–Crippen MR) is 64.6 cm³/mol. The van der Waals surface area contributed by atoms with Crippen LogP contribution in [0.25, 0.3) is 0 Å². The summed E-state index contributed by atoms with van der Waals surface area (Å²) in [4.78, 5) is 24.2. The van der Waals surface area contributed by atoms with Gasteiger partial charge < -0.3 is 4.90 Å². The summed E-state index contributed by atoms with van der Waals surface area (Å²) in [7, 11) is 0. The maximum absolute atomic E-state index is 12.6. The van der Waals surface area contributed by atoms with Crippen molar-refractivity contribution in [3.63, 3.8) is 0 Å². The first-order chi connectivity index (χ1) is 9.27. The molecule has 1 aliphatic heterocycles. The van der Waals surface area contributed by atoms with Crippen molar-refractivity contribution in [2.45, 2.75) is 19.6 Å². The molecule has 0 bridgehead atoms. The van der Waals surface area contributed by atoms with E-state index in [1.165, 1.54) is 17.0 Å². The molecule has 1 saturated heterocycles. The number of rotatable bonds is 2. The van der Waals surface area contributed by atoms with E-state index in [-0.39, 0.29) is 24.9 Å². The molecule has 1 heterocycles. The fraction of sp³-hybridized carbons (Fsp3) is 0.385. The maximum atomic E-state index is 12.6. The first-order valence-electron chi connectivity index (χ1n) is 6.03. The SMILES string of the molecule is CC1CN(Cc2cccc(C(F)(F)F)c2)C(=O)NC1=O. The molecule has 3 amide bonds. The monoisotopic (exact) mass is 286 g/mol. The minimum absolute atomic E-state index is 0.0351. The molecule has 1 unspecified atom stereocenters. The molecule has 1 fully saturated rings. The van der Waals surface area contributed by atoms with E-state index in [0.29, 0.717) is 5.56 Å². The molecule has 0 radical (unpaired) electrons. The maximum Gasteiger partial charge on any atom is 0.416 e. The minimum Gasteiger partial charge on any atom is -0.319 e. The third-order valence-electron chi connectivity index (χ3n) is 3.09. The van der Waals surface area contributed by atoms with Crippen molar-refractivity contribution in [2.75, 3.05) is 6.54 Å². The van der Waals surface area contributed by atoms with Crippen molar-refractivity contribution in [3.05, 3.63) is 35.4 Å². The summed E-state index contributed by atoms with van der Waals surface area (Å²) in [5.41, 5.74) is -0.381. The van der Waals surface area contributed by atoms with Crippen LogP contribution in [0.2, 0.25) is 0 Å². The number of nitrogens with zero attached hydrogens (tertiary/aromatic N) is 1. The van der Waals surface area contributed by atoms with Gasteiger partial charge in [-0.2, -0.15) is 13.2 Å². The number of imide groups is 1. The second-order valence-electron chi connectivity index (χ2n) is 4.77. The highest BCUT2D eigenvalue weighted by molar-refractivity contribution is 5.97. The van der Waals surface area contributed by atoms with Gasteiger partial charge in [0.1, 0.15) is 0 Å². The molecule has 0 aliphatic carbocycles. The van der Waals surface area contributed by atoms with E-state index in [0.717, 1.165) is 12.1 Å². The number of carbonyl (C=O) groups is 2. The molecule has 20 heavy (non-hydrogen) atoms. The lowest BCUT2D eigenvalue weighted by atomic mass is 10.1. The van der Waals surface area contributed by atoms with E-state index in [4.69, 9.17) is 0 Å². The second kappa shape index (κ2) is 5.15. The molecule has 1 aromatic carbocycles. The average Bonchev–Trinajstić information content (AvgIpc) is 2.35. The number of carbonyl (C=O) groups excluding carboxylic acids is 2. The van der Waals surface area contributed by atoms with Gasteiger partial charge in [0.05, 0.1) is 11.5 Å². The molecule has 1 N–H and O–H groups in total. The molecule has 7 heteroatoms. The van der Waals surface area contributed by atoms with Crippen LogP contribution in [0.1, 0.15) is 18.1 Å². The number of amides is 3. The minimum atomic E-state index is -4.41. The van der Waals surface area contributed by atoms with Gasteiger partial charge in [0.15, 0.2) is 0 Å². The van der Waals surface area contributed by atoms with Gasteiger partial charge in [0.25, 0.3) is 0 Å². The highest BCUT2D eigenvalue weighted by Gasteiger charge is 2.32. The van der Waals surface area contributed by atoms with Gasteiger partial charge >= 0.3 is 12.2 Å². The van der Waals surface area contributed by atoms with Crippen LogP contribution in [0.4, 0.5) is 18.0 Å². The fourth-order valence-electron chi connectivity index (χ4n) is 2.01. The molecule has 1 aliphatic rings. The van der Waals surface area contributed by atoms with Crippen molar-refractivity contribution in [1.82, 2.24) is 10.2 Å². The fourth-order valence-corrected chi connectivity index (χ4v) is 2.01. The lowest BCUT2D eigenvalue weighted by Crippen LogP contribution is -2.53. The molecule has 108 valence electrons. The van der Waals surface area contributed by atoms with E-state index < -0.39 is 17.8 Å². The lowest BCUT2D eigenvalue weighted by Gasteiger charge is -2.30. The number of hydrogen-bond acceptors (Lipinski definition) is 2. The molecule has 0 aromatic heterocycles. The number of nitrogens with one attached hydrogen (secondary N) is 1. The normalized spacial score (nSPS) is 20.0. The van der Waals surface area contributed by atoms with E-state index in [1.54, 1.807) is 6.92 Å². The highest BCUT2D eigenvalue weighted by atomic mass is 19.4. The number of halogens is 3. The number of urea groups is 1. The predicted octanol–water partition coefficient (Wildman–Crippen LogP) is 2.39. The summed E-state index contributed by atoms with van der Waals surface area (Å²) in [5, 5.41) is 2.17. The largest absolute Gasteiger partial charge is 0.416 e. The first kappa shape index (κ1) is 14.4. The molecule has 4 nitrogen and oxygen atoms in total. The van der Waals surface area contributed by atoms with Crippen molar-refractivity contribution in [3.8, 4) is 0 Å². The van der Waals surface area contributed by atoms with Gasteiger partial charge in [0, 0.05) is 13.1 Å². The molecule has 1 aromatic rings. The van der Waals surface area contributed by atoms with Crippen LogP contribution in [0.3, 0.4) is 0 Å². The molecule has 0 spiro atoms. The Labute approximate surface area is 113 Å². The average molecular weight is 286 g/mol. The second-order valence-corrected chi connectivity index (χ2v) is 4.77. The first-order valence-corrected chi connectivity index (χ1v) is 6.03. The van der Waals surface area contributed by atoms with Crippen LogP contribution in [-0.2, 0) is 17.5 Å². The zero-order valence-corrected chi connectivity index (χ0v) is 10.7. The smallest absolute Gasteiger partial charge is 0.319 e. The van der Waals surface area contributed by atoms with Crippen molar-refractivity contribution >= 4 is 11.9 Å². The van der Waals surface area contributed by atoms with Crippen LogP contribution in [0.15, 0.2) is 24.3 Å². The number of alkyl halides is 3. The third-order valence-corrected chi connectivity index (χ3v) is 3.09. The summed E-state index contributed by atoms with van der Waals surface area (Å²) >= 11 is 0. The summed E-state index contributed by atoms with van der Waals surface area (Å²) in [6, 6.07) is 4.23. The van der Waals surface area contributed by atoms with Gasteiger partial charge in [-0.25, -0.2) is 4.79 Å². The molecule has 2 rings (SSSR count). The quantitative estimate of drug-likeness (QED) is 0.907. The highest BCUT2D eigenvalue weighted by Crippen LogP contribution is 2.29. The van der Waals surface area contributed by atoms with Crippen LogP contribution >= 0.6 is 0 Å². The van der Waals surface area contributed by atoms with Crippen molar-refractivity contribution in [1.29, 1.82) is 0 Å². The van der Waals surface area contributed by atoms with Crippen LogP contribution in [0, 0.1) is 5.92 Å². The zero-order valence-electron chi connectivity index (χ0n) is 10.7. The van der Waals surface area contributed by atoms with Crippen LogP contribution < -0.4 is 5.32 Å². The van der Waals surface area contributed by atoms with E-state index >= 15 is 0 Å². The number of benzene rings is 1. The van der Waals surface area contributed by atoms with Gasteiger partial charge in [-0.3, -0.25) is 10.1 Å². The molecule has 0 saturated carbocycles. The van der Waals surface area contributed by atoms with Crippen LogP contribution in [-0.4, -0.2) is 23.4 Å². The Balaban J connectivity index is 2.14. The van der Waals surface area contributed by atoms with E-state index in [2.05, 4.69) is 5.32 Å². The van der Waals surface area contributed by atoms with Crippen molar-refractivity contribution < 1.29 is 22.8 Å². The summed E-state index contributed by atoms with van der Waals surface area (Å²) in [6.07, 6.45) is -4.41. The third kappa shape index (κ3) is 3.09. The van der Waals surface area contributed by atoms with Gasteiger partial charge in [-0.05, 0) is 17.7 Å². The molecular formula is C13H13F3N2O2. The summed E-state index contributed by atoms with van der Waals surface area (Å²) in [5.74, 6) is -0.742. The number of hydrogen-bond donors (Lipinski definition) is 1. The standard InChI is InChI=1S/C13H13F3N2O2/c1-8-6-18(12(20)17-11(8)19)7-9-3-2-4-10(5-9)13(14,15)16/h2-5,8H,6-7H2,1H3,(H,17,19,20). The molecular weight excluding hydrogens is 273 g/mol. The van der Waals surface area contributed by atoms with Gasteiger partial charge in [0.2, 0.25) is 5.91 Å². The van der Waals surface area contributed by atoms with Gasteiger partial charge in [-0.15, -0.1) is 0 Å². The summed E-state index contributed by atoms with van der Waals surface area (Å²) in [6.45, 7) is 1.88. The Morgan fingerprint density at radius 1 is 1.35 bits per heavy atom. The van der Waals surface area contributed by atoms with Crippen molar-refractivity contribution in [2.24, 2.45) is 5.92 Å². The van der Waals surface area contributed by atoms with Gasteiger partial charge in [-0.1, -0.05) is 19.1 Å². The van der Waals surface area contributed by atoms with E-state index in [1.807, 2.05) is 0 Å². The zero-order chi connectivity index (χ0) is 14.9. The van der Waals surface area contributed by atoms with E-state index in [9.17, 15) is 22.8 Å². The van der Waals surface area contributed by atoms with Crippen LogP contribution in [0.5, 0.6) is 0 Å². The molecule has 1 atom stereocenters.